The first-order valence-electron chi connectivity index (χ1n) is 7.10. The molecule has 0 spiro atoms. The summed E-state index contributed by atoms with van der Waals surface area (Å²) in [6, 6.07) is 0. The fourth-order valence-electron chi connectivity index (χ4n) is 2.04. The zero-order chi connectivity index (χ0) is 14.8. The minimum Gasteiger partial charge on any atom is -0.444 e. The molecule has 0 bridgehead atoms. The number of nitrogens with one attached hydrogen (secondary N) is 1. The third kappa shape index (κ3) is 4.83. The van der Waals surface area contributed by atoms with Gasteiger partial charge in [0.15, 0.2) is 5.82 Å². The lowest BCUT2D eigenvalue weighted by molar-refractivity contribution is 0.0523. The molecule has 1 heterocycles. The number of aromatic nitrogens is 2. The number of carbonyl (C=O) groups excluding carboxylic acids is 1. The minimum atomic E-state index is -0.487. The van der Waals surface area contributed by atoms with Crippen LogP contribution < -0.4 is 5.32 Å². The summed E-state index contributed by atoms with van der Waals surface area (Å²) in [5, 5.41) is 6.77. The van der Waals surface area contributed by atoms with E-state index >= 15 is 0 Å². The predicted molar refractivity (Wildman–Crippen MR) is 73.4 cm³/mol. The van der Waals surface area contributed by atoms with Crippen molar-refractivity contribution in [1.82, 2.24) is 15.5 Å². The van der Waals surface area contributed by atoms with Gasteiger partial charge in [-0.15, -0.1) is 0 Å². The van der Waals surface area contributed by atoms with Crippen LogP contribution in [0.5, 0.6) is 0 Å². The van der Waals surface area contributed by atoms with Gasteiger partial charge in [-0.05, 0) is 33.1 Å². The monoisotopic (exact) mass is 281 g/mol. The van der Waals surface area contributed by atoms with E-state index in [1.807, 2.05) is 20.8 Å². The fourth-order valence-corrected chi connectivity index (χ4v) is 2.04. The van der Waals surface area contributed by atoms with Gasteiger partial charge in [-0.1, -0.05) is 18.0 Å². The van der Waals surface area contributed by atoms with Crippen molar-refractivity contribution in [1.29, 1.82) is 0 Å². The highest BCUT2D eigenvalue weighted by atomic mass is 16.6. The highest BCUT2D eigenvalue weighted by Crippen LogP contribution is 2.37. The van der Waals surface area contributed by atoms with Crippen LogP contribution in [0.1, 0.15) is 57.7 Å². The molecule has 1 atom stereocenters. The third-order valence-electron chi connectivity index (χ3n) is 3.11. The molecule has 2 rings (SSSR count). The van der Waals surface area contributed by atoms with Gasteiger partial charge in [0.05, 0.1) is 0 Å². The minimum absolute atomic E-state index is 0.0902. The third-order valence-corrected chi connectivity index (χ3v) is 3.11. The highest BCUT2D eigenvalue weighted by molar-refractivity contribution is 5.67. The van der Waals surface area contributed by atoms with Crippen molar-refractivity contribution in [3.05, 3.63) is 11.7 Å². The van der Waals surface area contributed by atoms with Crippen LogP contribution in [-0.4, -0.2) is 28.4 Å². The summed E-state index contributed by atoms with van der Waals surface area (Å²) in [5.41, 5.74) is -0.487. The second-order valence-electron chi connectivity index (χ2n) is 6.43. The predicted octanol–water partition coefficient (Wildman–Crippen LogP) is 2.79. The van der Waals surface area contributed by atoms with Crippen LogP contribution in [0.15, 0.2) is 4.52 Å². The number of ether oxygens (including phenoxy) is 1. The maximum Gasteiger partial charge on any atom is 0.407 e. The number of nitrogens with zero attached hydrogens (tertiary/aromatic N) is 2. The number of hydrogen-bond donors (Lipinski definition) is 1. The smallest absolute Gasteiger partial charge is 0.407 e. The Kier molecular flexibility index (Phi) is 4.30. The van der Waals surface area contributed by atoms with Gasteiger partial charge < -0.3 is 14.6 Å². The Bertz CT molecular complexity index is 460. The zero-order valence-electron chi connectivity index (χ0n) is 12.6. The van der Waals surface area contributed by atoms with E-state index in [0.717, 1.165) is 12.3 Å². The summed E-state index contributed by atoms with van der Waals surface area (Å²) in [5.74, 6) is 2.04. The molecule has 0 aliphatic heterocycles. The van der Waals surface area contributed by atoms with Gasteiger partial charge in [-0.2, -0.15) is 4.98 Å². The normalized spacial score (nSPS) is 16.8. The first-order valence-corrected chi connectivity index (χ1v) is 7.10. The quantitative estimate of drug-likeness (QED) is 0.898. The Morgan fingerprint density at radius 1 is 1.50 bits per heavy atom. The Hall–Kier alpha value is -1.59. The van der Waals surface area contributed by atoms with E-state index in [2.05, 4.69) is 15.5 Å². The van der Waals surface area contributed by atoms with Gasteiger partial charge >= 0.3 is 6.09 Å². The van der Waals surface area contributed by atoms with Crippen molar-refractivity contribution in [3.8, 4) is 0 Å². The molecule has 6 nitrogen and oxygen atoms in total. The summed E-state index contributed by atoms with van der Waals surface area (Å²) < 4.78 is 10.3. The summed E-state index contributed by atoms with van der Waals surface area (Å²) in [6.07, 6.45) is 3.08. The lowest BCUT2D eigenvalue weighted by Crippen LogP contribution is -2.35. The lowest BCUT2D eigenvalue weighted by atomic mass is 10.0. The standard InChI is InChI=1S/C14H23N3O3/c1-9-16-12(17-20-9)11(7-10-5-6-10)8-15-13(18)19-14(2,3)4/h10-11H,5-8H2,1-4H3,(H,15,18). The van der Waals surface area contributed by atoms with Crippen LogP contribution >= 0.6 is 0 Å². The molecule has 1 N–H and O–H groups in total. The van der Waals surface area contributed by atoms with Crippen LogP contribution in [0.3, 0.4) is 0 Å². The van der Waals surface area contributed by atoms with Crippen molar-refractivity contribution in [2.75, 3.05) is 6.54 Å². The van der Waals surface area contributed by atoms with E-state index in [1.165, 1.54) is 12.8 Å². The molecule has 1 amide bonds. The van der Waals surface area contributed by atoms with Crippen LogP contribution in [0.25, 0.3) is 0 Å². The number of aryl methyl sites for hydroxylation is 1. The molecule has 1 aliphatic carbocycles. The first-order chi connectivity index (χ1) is 9.33. The Balaban J connectivity index is 1.89. The SMILES string of the molecule is Cc1nc(C(CNC(=O)OC(C)(C)C)CC2CC2)no1. The number of rotatable bonds is 5. The Labute approximate surface area is 119 Å². The first kappa shape index (κ1) is 14.8. The molecule has 6 heteroatoms. The Morgan fingerprint density at radius 2 is 2.20 bits per heavy atom. The summed E-state index contributed by atoms with van der Waals surface area (Å²) in [4.78, 5) is 16.0. The van der Waals surface area contributed by atoms with E-state index in [4.69, 9.17) is 9.26 Å². The van der Waals surface area contributed by atoms with E-state index < -0.39 is 11.7 Å². The van der Waals surface area contributed by atoms with Crippen LogP contribution in [0, 0.1) is 12.8 Å². The highest BCUT2D eigenvalue weighted by Gasteiger charge is 2.29. The molecule has 1 saturated carbocycles. The molecule has 1 unspecified atom stereocenters. The van der Waals surface area contributed by atoms with E-state index in [-0.39, 0.29) is 5.92 Å². The molecule has 1 aromatic heterocycles. The molecule has 112 valence electrons. The average molecular weight is 281 g/mol. The molecule has 0 saturated heterocycles. The van der Waals surface area contributed by atoms with Gasteiger partial charge in [0.2, 0.25) is 5.89 Å². The topological polar surface area (TPSA) is 77.2 Å². The summed E-state index contributed by atoms with van der Waals surface area (Å²) in [7, 11) is 0. The molecule has 1 aromatic rings. The average Bonchev–Trinajstić information content (AvgIpc) is 3.03. The maximum atomic E-state index is 11.7. The van der Waals surface area contributed by atoms with Gasteiger partial charge in [0.1, 0.15) is 5.60 Å². The van der Waals surface area contributed by atoms with E-state index in [9.17, 15) is 4.79 Å². The zero-order valence-corrected chi connectivity index (χ0v) is 12.6. The van der Waals surface area contributed by atoms with E-state index in [1.54, 1.807) is 6.92 Å². The van der Waals surface area contributed by atoms with Crippen LogP contribution in [0.2, 0.25) is 0 Å². The summed E-state index contributed by atoms with van der Waals surface area (Å²) >= 11 is 0. The fraction of sp³-hybridized carbons (Fsp3) is 0.786. The molecule has 1 fully saturated rings. The molecular weight excluding hydrogens is 258 g/mol. The van der Waals surface area contributed by atoms with Crippen LogP contribution in [0.4, 0.5) is 4.79 Å². The molecule has 20 heavy (non-hydrogen) atoms. The molecule has 1 aliphatic rings. The number of amides is 1. The van der Waals surface area contributed by atoms with Gasteiger partial charge in [-0.3, -0.25) is 0 Å². The van der Waals surface area contributed by atoms with Gasteiger partial charge in [-0.25, -0.2) is 4.79 Å². The van der Waals surface area contributed by atoms with Crippen molar-refractivity contribution < 1.29 is 14.1 Å². The van der Waals surface area contributed by atoms with Crippen LogP contribution in [-0.2, 0) is 4.74 Å². The molecular formula is C14H23N3O3. The van der Waals surface area contributed by atoms with Gasteiger partial charge in [0, 0.05) is 19.4 Å². The van der Waals surface area contributed by atoms with Crippen molar-refractivity contribution >= 4 is 6.09 Å². The van der Waals surface area contributed by atoms with Crippen molar-refractivity contribution in [2.45, 2.75) is 58.5 Å². The largest absolute Gasteiger partial charge is 0.444 e. The molecule has 0 aromatic carbocycles. The number of carbonyl (C=O) groups is 1. The van der Waals surface area contributed by atoms with Crippen molar-refractivity contribution in [2.24, 2.45) is 5.92 Å². The lowest BCUT2D eigenvalue weighted by Gasteiger charge is -2.21. The van der Waals surface area contributed by atoms with Gasteiger partial charge in [0.25, 0.3) is 0 Å². The van der Waals surface area contributed by atoms with E-state index in [0.29, 0.717) is 18.3 Å². The molecule has 0 radical (unpaired) electrons. The van der Waals surface area contributed by atoms with Crippen molar-refractivity contribution in [3.63, 3.8) is 0 Å². The summed E-state index contributed by atoms with van der Waals surface area (Å²) in [6.45, 7) is 7.78. The number of alkyl carbamates (subject to hydrolysis) is 1. The second-order valence-corrected chi connectivity index (χ2v) is 6.43. The Morgan fingerprint density at radius 3 is 2.70 bits per heavy atom. The number of hydrogen-bond acceptors (Lipinski definition) is 5. The maximum absolute atomic E-state index is 11.7. The second kappa shape index (κ2) is 5.81.